The maximum Gasteiger partial charge on any atom is 0.163 e. The molecule has 0 amide bonds. The van der Waals surface area contributed by atoms with Gasteiger partial charge in [0.15, 0.2) is 6.23 Å². The van der Waals surface area contributed by atoms with Crippen LogP contribution in [0, 0.1) is 6.92 Å². The van der Waals surface area contributed by atoms with E-state index in [-0.39, 0.29) is 0 Å². The summed E-state index contributed by atoms with van der Waals surface area (Å²) in [6, 6.07) is 14.3. The van der Waals surface area contributed by atoms with Crippen LogP contribution in [-0.4, -0.2) is 66.7 Å². The van der Waals surface area contributed by atoms with E-state index in [9.17, 15) is 25.5 Å². The normalized spacial score (nSPS) is 25.7. The molecular weight excluding hydrogens is 434 g/mol. The Balaban J connectivity index is 1.65. The van der Waals surface area contributed by atoms with Crippen LogP contribution in [0.2, 0.25) is 0 Å². The minimum absolute atomic E-state index is 0.466. The third-order valence-corrected chi connectivity index (χ3v) is 6.73. The standard InChI is InChI=1S/C27H35NO6/c1-16-5-4-6-20-22(16)19(13-18-9-7-17(8-10-18)11-12-27(2,3)33)14-28(20)26-25(32)24(31)23(30)21(15-29)34-26/h4-10,14,21,23-26,29-33H,11-13,15H2,1-3H3/t21-,23-,24+,25-,26-/m1/s1. The molecule has 0 saturated carbocycles. The third kappa shape index (κ3) is 5.05. The molecule has 4 rings (SSSR count). The Hall–Kier alpha value is -2.26. The highest BCUT2D eigenvalue weighted by Crippen LogP contribution is 2.35. The molecule has 1 aromatic heterocycles. The maximum absolute atomic E-state index is 10.7. The molecule has 184 valence electrons. The fourth-order valence-electron chi connectivity index (χ4n) is 4.74. The topological polar surface area (TPSA) is 115 Å². The first-order chi connectivity index (χ1) is 16.1. The molecular formula is C27H35NO6. The summed E-state index contributed by atoms with van der Waals surface area (Å²) >= 11 is 0. The Kier molecular flexibility index (Phi) is 7.14. The second kappa shape index (κ2) is 9.77. The molecule has 3 aromatic rings. The zero-order chi connectivity index (χ0) is 24.6. The van der Waals surface area contributed by atoms with Gasteiger partial charge in [0.05, 0.1) is 17.7 Å². The number of ether oxygens (including phenoxy) is 1. The van der Waals surface area contributed by atoms with Crippen LogP contribution >= 0.6 is 0 Å². The highest BCUT2D eigenvalue weighted by Gasteiger charge is 2.44. The lowest BCUT2D eigenvalue weighted by Gasteiger charge is -2.40. The molecule has 34 heavy (non-hydrogen) atoms. The number of aromatic nitrogens is 1. The Morgan fingerprint density at radius 3 is 2.26 bits per heavy atom. The van der Waals surface area contributed by atoms with Crippen molar-refractivity contribution in [1.29, 1.82) is 0 Å². The monoisotopic (exact) mass is 469 g/mol. The van der Waals surface area contributed by atoms with Gasteiger partial charge in [-0.25, -0.2) is 0 Å². The fraction of sp³-hybridized carbons (Fsp3) is 0.481. The fourth-order valence-corrected chi connectivity index (χ4v) is 4.74. The summed E-state index contributed by atoms with van der Waals surface area (Å²) < 4.78 is 7.62. The van der Waals surface area contributed by atoms with Gasteiger partial charge in [-0.15, -0.1) is 0 Å². The lowest BCUT2D eigenvalue weighted by molar-refractivity contribution is -0.250. The van der Waals surface area contributed by atoms with Crippen molar-refractivity contribution in [3.63, 3.8) is 0 Å². The van der Waals surface area contributed by atoms with Gasteiger partial charge in [-0.2, -0.15) is 0 Å². The van der Waals surface area contributed by atoms with Crippen LogP contribution in [-0.2, 0) is 17.6 Å². The third-order valence-electron chi connectivity index (χ3n) is 6.73. The SMILES string of the molecule is Cc1cccc2c1c(Cc1ccc(CCC(C)(C)O)cc1)cn2[C@@H]1O[C@H](CO)[C@@H](O)[C@H](O)[C@H]1O. The average Bonchev–Trinajstić information content (AvgIpc) is 3.16. The molecule has 1 aliphatic heterocycles. The Morgan fingerprint density at radius 1 is 0.941 bits per heavy atom. The number of hydrogen-bond donors (Lipinski definition) is 5. The Bertz CT molecular complexity index is 1110. The molecule has 0 unspecified atom stereocenters. The van der Waals surface area contributed by atoms with E-state index in [1.165, 1.54) is 5.56 Å². The summed E-state index contributed by atoms with van der Waals surface area (Å²) in [5.41, 5.74) is 4.59. The first kappa shape index (κ1) is 24.9. The lowest BCUT2D eigenvalue weighted by Crippen LogP contribution is -2.56. The molecule has 0 spiro atoms. The summed E-state index contributed by atoms with van der Waals surface area (Å²) in [5, 5.41) is 51.8. The number of aliphatic hydroxyl groups is 5. The van der Waals surface area contributed by atoms with Gasteiger partial charge in [-0.05, 0) is 68.4 Å². The molecule has 7 nitrogen and oxygen atoms in total. The van der Waals surface area contributed by atoms with Crippen LogP contribution in [0.3, 0.4) is 0 Å². The number of rotatable bonds is 7. The van der Waals surface area contributed by atoms with Crippen LogP contribution in [0.1, 0.15) is 48.8 Å². The smallest absolute Gasteiger partial charge is 0.163 e. The summed E-state index contributed by atoms with van der Waals surface area (Å²) in [6.07, 6.45) is -2.01. The van der Waals surface area contributed by atoms with Gasteiger partial charge in [0.25, 0.3) is 0 Å². The zero-order valence-corrected chi connectivity index (χ0v) is 19.9. The van der Waals surface area contributed by atoms with E-state index >= 15 is 0 Å². The number of aryl methyl sites for hydroxylation is 2. The summed E-state index contributed by atoms with van der Waals surface area (Å²) in [6.45, 7) is 5.19. The van der Waals surface area contributed by atoms with Gasteiger partial charge < -0.3 is 34.8 Å². The van der Waals surface area contributed by atoms with Gasteiger partial charge in [0, 0.05) is 11.6 Å². The van der Waals surface area contributed by atoms with Crippen molar-refractivity contribution in [2.75, 3.05) is 6.61 Å². The Morgan fingerprint density at radius 2 is 1.62 bits per heavy atom. The summed E-state index contributed by atoms with van der Waals surface area (Å²) in [7, 11) is 0. The largest absolute Gasteiger partial charge is 0.394 e. The van der Waals surface area contributed by atoms with Gasteiger partial charge in [-0.3, -0.25) is 0 Å². The van der Waals surface area contributed by atoms with Gasteiger partial charge in [0.2, 0.25) is 0 Å². The molecule has 0 aliphatic carbocycles. The number of benzene rings is 2. The second-order valence-electron chi connectivity index (χ2n) is 10.1. The highest BCUT2D eigenvalue weighted by atomic mass is 16.6. The van der Waals surface area contributed by atoms with E-state index < -0.39 is 42.9 Å². The van der Waals surface area contributed by atoms with Crippen molar-refractivity contribution in [2.24, 2.45) is 0 Å². The van der Waals surface area contributed by atoms with Crippen LogP contribution in [0.4, 0.5) is 0 Å². The molecule has 5 atom stereocenters. The van der Waals surface area contributed by atoms with Crippen LogP contribution < -0.4 is 0 Å². The van der Waals surface area contributed by atoms with Crippen molar-refractivity contribution in [2.45, 2.75) is 76.3 Å². The van der Waals surface area contributed by atoms with E-state index in [2.05, 4.69) is 24.3 Å². The molecule has 1 saturated heterocycles. The molecule has 2 aromatic carbocycles. The maximum atomic E-state index is 10.7. The van der Waals surface area contributed by atoms with E-state index in [4.69, 9.17) is 4.74 Å². The van der Waals surface area contributed by atoms with E-state index in [0.717, 1.165) is 34.0 Å². The molecule has 0 bridgehead atoms. The minimum atomic E-state index is -1.43. The van der Waals surface area contributed by atoms with Crippen molar-refractivity contribution >= 4 is 10.9 Å². The summed E-state index contributed by atoms with van der Waals surface area (Å²) in [4.78, 5) is 0. The highest BCUT2D eigenvalue weighted by molar-refractivity contribution is 5.87. The van der Waals surface area contributed by atoms with Crippen molar-refractivity contribution in [1.82, 2.24) is 4.57 Å². The van der Waals surface area contributed by atoms with Crippen molar-refractivity contribution in [3.8, 4) is 0 Å². The van der Waals surface area contributed by atoms with Gasteiger partial charge in [-0.1, -0.05) is 36.4 Å². The number of nitrogens with zero attached hydrogens (tertiary/aromatic N) is 1. The number of fused-ring (bicyclic) bond motifs is 1. The molecule has 1 fully saturated rings. The van der Waals surface area contributed by atoms with E-state index in [1.54, 1.807) is 4.57 Å². The van der Waals surface area contributed by atoms with Crippen LogP contribution in [0.15, 0.2) is 48.7 Å². The van der Waals surface area contributed by atoms with Crippen molar-refractivity contribution < 1.29 is 30.3 Å². The van der Waals surface area contributed by atoms with Crippen LogP contribution in [0.5, 0.6) is 0 Å². The molecule has 7 heteroatoms. The van der Waals surface area contributed by atoms with Crippen LogP contribution in [0.25, 0.3) is 10.9 Å². The Labute approximate surface area is 199 Å². The van der Waals surface area contributed by atoms with Gasteiger partial charge in [0.1, 0.15) is 24.4 Å². The lowest BCUT2D eigenvalue weighted by atomic mass is 9.96. The first-order valence-corrected chi connectivity index (χ1v) is 11.8. The van der Waals surface area contributed by atoms with Crippen molar-refractivity contribution in [3.05, 3.63) is 70.9 Å². The average molecular weight is 470 g/mol. The van der Waals surface area contributed by atoms with Gasteiger partial charge >= 0.3 is 0 Å². The zero-order valence-electron chi connectivity index (χ0n) is 19.9. The number of hydrogen-bond acceptors (Lipinski definition) is 6. The number of aliphatic hydroxyl groups excluding tert-OH is 4. The summed E-state index contributed by atoms with van der Waals surface area (Å²) in [5.74, 6) is 0. The first-order valence-electron chi connectivity index (χ1n) is 11.8. The molecule has 1 aliphatic rings. The molecule has 2 heterocycles. The van der Waals surface area contributed by atoms with E-state index in [0.29, 0.717) is 12.8 Å². The second-order valence-corrected chi connectivity index (χ2v) is 10.1. The molecule has 5 N–H and O–H groups in total. The predicted octanol–water partition coefficient (Wildman–Crippen LogP) is 2.22. The predicted molar refractivity (Wildman–Crippen MR) is 130 cm³/mol. The minimum Gasteiger partial charge on any atom is -0.394 e. The van der Waals surface area contributed by atoms with E-state index in [1.807, 2.05) is 45.2 Å². The molecule has 0 radical (unpaired) electrons. The quantitative estimate of drug-likeness (QED) is 0.362.